The van der Waals surface area contributed by atoms with Crippen molar-refractivity contribution < 1.29 is 26.4 Å². The molecule has 1 amide bonds. The molecule has 1 aromatic carbocycles. The highest BCUT2D eigenvalue weighted by molar-refractivity contribution is 7.92. The summed E-state index contributed by atoms with van der Waals surface area (Å²) < 4.78 is 63.8. The van der Waals surface area contributed by atoms with E-state index in [0.717, 1.165) is 18.4 Å². The van der Waals surface area contributed by atoms with E-state index in [2.05, 4.69) is 5.32 Å². The number of nitrogens with one attached hydrogen (secondary N) is 1. The zero-order valence-electron chi connectivity index (χ0n) is 13.7. The maximum absolute atomic E-state index is 13.1. The first-order valence-corrected chi connectivity index (χ1v) is 9.25. The summed E-state index contributed by atoms with van der Waals surface area (Å²) in [6.07, 6.45) is -3.42. The van der Waals surface area contributed by atoms with Gasteiger partial charge in [0.2, 0.25) is 15.9 Å². The third-order valence-electron chi connectivity index (χ3n) is 3.44. The van der Waals surface area contributed by atoms with Crippen LogP contribution in [-0.2, 0) is 21.0 Å². The van der Waals surface area contributed by atoms with Gasteiger partial charge in [0.1, 0.15) is 0 Å². The lowest BCUT2D eigenvalue weighted by Crippen LogP contribution is -2.38. The third kappa shape index (κ3) is 5.70. The van der Waals surface area contributed by atoms with Gasteiger partial charge in [0.15, 0.2) is 0 Å². The summed E-state index contributed by atoms with van der Waals surface area (Å²) in [6.45, 7) is 3.28. The molecule has 1 atom stereocenters. The highest BCUT2D eigenvalue weighted by Gasteiger charge is 2.36. The second-order valence-corrected chi connectivity index (χ2v) is 7.38. The lowest BCUT2D eigenvalue weighted by atomic mass is 10.1. The van der Waals surface area contributed by atoms with E-state index in [0.29, 0.717) is 10.7 Å². The molecule has 0 aliphatic carbocycles. The first-order valence-electron chi connectivity index (χ1n) is 7.40. The predicted octanol–water partition coefficient (Wildman–Crippen LogP) is 2.78. The first-order chi connectivity index (χ1) is 11.0. The molecular formula is C15H21F3N2O3S. The van der Waals surface area contributed by atoms with Crippen molar-refractivity contribution in [2.24, 2.45) is 0 Å². The van der Waals surface area contributed by atoms with E-state index in [9.17, 15) is 26.4 Å². The number of hydrogen-bond acceptors (Lipinski definition) is 3. The molecule has 1 N–H and O–H groups in total. The van der Waals surface area contributed by atoms with E-state index in [1.165, 1.54) is 12.1 Å². The van der Waals surface area contributed by atoms with Crippen LogP contribution in [0.4, 0.5) is 18.9 Å². The number of benzene rings is 1. The lowest BCUT2D eigenvalue weighted by molar-refractivity contribution is -0.137. The van der Waals surface area contributed by atoms with Crippen LogP contribution < -0.4 is 9.62 Å². The van der Waals surface area contributed by atoms with Crippen LogP contribution in [0.25, 0.3) is 0 Å². The van der Waals surface area contributed by atoms with Crippen molar-refractivity contribution >= 4 is 21.6 Å². The minimum absolute atomic E-state index is 0.0911. The highest BCUT2D eigenvalue weighted by Crippen LogP contribution is 2.37. The Balaban J connectivity index is 3.07. The summed E-state index contributed by atoms with van der Waals surface area (Å²) in [5, 5.41) is 2.65. The minimum atomic E-state index is -4.70. The minimum Gasteiger partial charge on any atom is -0.354 e. The molecule has 0 saturated carbocycles. The number of carbonyl (C=O) groups is 1. The molecule has 0 aliphatic rings. The van der Waals surface area contributed by atoms with Gasteiger partial charge >= 0.3 is 6.18 Å². The molecule has 1 unspecified atom stereocenters. The number of halogens is 3. The number of carbonyl (C=O) groups excluding carboxylic acids is 1. The van der Waals surface area contributed by atoms with E-state index in [-0.39, 0.29) is 19.0 Å². The molecule has 24 heavy (non-hydrogen) atoms. The number of para-hydroxylation sites is 1. The summed E-state index contributed by atoms with van der Waals surface area (Å²) in [5.41, 5.74) is -1.54. The van der Waals surface area contributed by atoms with Crippen molar-refractivity contribution in [2.75, 3.05) is 17.1 Å². The Bertz CT molecular complexity index is 675. The molecule has 0 bridgehead atoms. The Labute approximate surface area is 139 Å². The van der Waals surface area contributed by atoms with Crippen molar-refractivity contribution in [2.45, 2.75) is 38.9 Å². The Morgan fingerprint density at radius 2 is 1.88 bits per heavy atom. The number of alkyl halides is 3. The molecule has 0 radical (unpaired) electrons. The van der Waals surface area contributed by atoms with Crippen LogP contribution in [0.3, 0.4) is 0 Å². The van der Waals surface area contributed by atoms with Crippen LogP contribution in [0.1, 0.15) is 32.3 Å². The van der Waals surface area contributed by atoms with Gasteiger partial charge in [0.05, 0.1) is 17.5 Å². The van der Waals surface area contributed by atoms with Gasteiger partial charge in [-0.1, -0.05) is 19.1 Å². The predicted molar refractivity (Wildman–Crippen MR) is 86.1 cm³/mol. The largest absolute Gasteiger partial charge is 0.418 e. The number of amides is 1. The van der Waals surface area contributed by atoms with Crippen LogP contribution in [0.5, 0.6) is 0 Å². The number of sulfonamides is 1. The standard InChI is InChI=1S/C15H21F3N2O3S/c1-4-11(2)19-14(21)9-10-20(24(3,22)23)13-8-6-5-7-12(13)15(16,17)18/h5-8,11H,4,9-10H2,1-3H3,(H,19,21). The van der Waals surface area contributed by atoms with E-state index in [1.54, 1.807) is 6.92 Å². The average molecular weight is 366 g/mol. The molecule has 1 rings (SSSR count). The van der Waals surface area contributed by atoms with Gasteiger partial charge in [-0.05, 0) is 25.5 Å². The molecule has 1 aromatic rings. The molecule has 0 saturated heterocycles. The molecule has 136 valence electrons. The van der Waals surface area contributed by atoms with Gasteiger partial charge < -0.3 is 5.32 Å². The van der Waals surface area contributed by atoms with E-state index in [1.807, 2.05) is 6.92 Å². The fraction of sp³-hybridized carbons (Fsp3) is 0.533. The fourth-order valence-electron chi connectivity index (χ4n) is 2.05. The van der Waals surface area contributed by atoms with E-state index >= 15 is 0 Å². The Morgan fingerprint density at radius 1 is 1.29 bits per heavy atom. The maximum atomic E-state index is 13.1. The molecule has 0 spiro atoms. The van der Waals surface area contributed by atoms with Crippen molar-refractivity contribution in [3.8, 4) is 0 Å². The summed E-state index contributed by atoms with van der Waals surface area (Å²) in [4.78, 5) is 11.8. The Hall–Kier alpha value is -1.77. The first kappa shape index (κ1) is 20.3. The van der Waals surface area contributed by atoms with E-state index < -0.39 is 33.4 Å². The Kier molecular flexibility index (Phi) is 6.65. The van der Waals surface area contributed by atoms with Crippen molar-refractivity contribution in [1.82, 2.24) is 5.32 Å². The number of anilines is 1. The van der Waals surface area contributed by atoms with Crippen LogP contribution in [0, 0.1) is 0 Å². The number of hydrogen-bond donors (Lipinski definition) is 1. The van der Waals surface area contributed by atoms with Gasteiger partial charge in [-0.3, -0.25) is 9.10 Å². The number of rotatable bonds is 7. The molecular weight excluding hydrogens is 345 g/mol. The van der Waals surface area contributed by atoms with Crippen LogP contribution >= 0.6 is 0 Å². The van der Waals surface area contributed by atoms with Gasteiger partial charge in [-0.2, -0.15) is 13.2 Å². The molecule has 0 heterocycles. The summed E-state index contributed by atoms with van der Waals surface area (Å²) in [6, 6.07) is 4.31. The van der Waals surface area contributed by atoms with Gasteiger partial charge in [-0.15, -0.1) is 0 Å². The summed E-state index contributed by atoms with van der Waals surface area (Å²) >= 11 is 0. The maximum Gasteiger partial charge on any atom is 0.418 e. The zero-order chi connectivity index (χ0) is 18.5. The van der Waals surface area contributed by atoms with Crippen molar-refractivity contribution in [3.63, 3.8) is 0 Å². The monoisotopic (exact) mass is 366 g/mol. The fourth-order valence-corrected chi connectivity index (χ4v) is 2.99. The normalized spacial score (nSPS) is 13.4. The van der Waals surface area contributed by atoms with Gasteiger partial charge in [0, 0.05) is 19.0 Å². The molecule has 0 fully saturated rings. The van der Waals surface area contributed by atoms with Crippen LogP contribution in [0.15, 0.2) is 24.3 Å². The van der Waals surface area contributed by atoms with Crippen LogP contribution in [-0.4, -0.2) is 33.2 Å². The molecule has 0 aliphatic heterocycles. The summed E-state index contributed by atoms with van der Waals surface area (Å²) in [7, 11) is -3.98. The number of nitrogens with zero attached hydrogens (tertiary/aromatic N) is 1. The topological polar surface area (TPSA) is 66.5 Å². The second kappa shape index (κ2) is 7.87. The van der Waals surface area contributed by atoms with E-state index in [4.69, 9.17) is 0 Å². The van der Waals surface area contributed by atoms with Gasteiger partial charge in [-0.25, -0.2) is 8.42 Å². The third-order valence-corrected chi connectivity index (χ3v) is 4.62. The molecule has 5 nitrogen and oxygen atoms in total. The highest BCUT2D eigenvalue weighted by atomic mass is 32.2. The second-order valence-electron chi connectivity index (χ2n) is 5.48. The van der Waals surface area contributed by atoms with Crippen molar-refractivity contribution in [1.29, 1.82) is 0 Å². The lowest BCUT2D eigenvalue weighted by Gasteiger charge is -2.25. The van der Waals surface area contributed by atoms with Crippen LogP contribution in [0.2, 0.25) is 0 Å². The Morgan fingerprint density at radius 3 is 2.38 bits per heavy atom. The van der Waals surface area contributed by atoms with Gasteiger partial charge in [0.25, 0.3) is 0 Å². The SMILES string of the molecule is CCC(C)NC(=O)CCN(c1ccccc1C(F)(F)F)S(C)(=O)=O. The average Bonchev–Trinajstić information content (AvgIpc) is 2.45. The smallest absolute Gasteiger partial charge is 0.354 e. The summed E-state index contributed by atoms with van der Waals surface area (Å²) in [5.74, 6) is -0.414. The van der Waals surface area contributed by atoms with Crippen molar-refractivity contribution in [3.05, 3.63) is 29.8 Å². The molecule has 0 aromatic heterocycles. The quantitative estimate of drug-likeness (QED) is 0.807. The molecule has 9 heteroatoms. The zero-order valence-corrected chi connectivity index (χ0v) is 14.5.